The zero-order valence-electron chi connectivity index (χ0n) is 13.7. The summed E-state index contributed by atoms with van der Waals surface area (Å²) in [5, 5.41) is 6.75. The van der Waals surface area contributed by atoms with Gasteiger partial charge in [-0.25, -0.2) is 14.5 Å². The molecule has 0 saturated carbocycles. The van der Waals surface area contributed by atoms with E-state index in [1.165, 1.54) is 19.5 Å². The Morgan fingerprint density at radius 2 is 2.04 bits per heavy atom. The smallest absolute Gasteiger partial charge is 0.341 e. The Kier molecular flexibility index (Phi) is 4.60. The number of benzene rings is 1. The minimum Gasteiger partial charge on any atom is -0.465 e. The van der Waals surface area contributed by atoms with Crippen molar-refractivity contribution in [2.75, 3.05) is 12.4 Å². The number of nitrogens with one attached hydrogen (secondary N) is 1. The van der Waals surface area contributed by atoms with Gasteiger partial charge in [0.25, 0.3) is 5.91 Å². The number of amides is 1. The molecule has 0 atom stereocenters. The molecule has 0 aliphatic heterocycles. The number of methoxy groups -OCH3 is 1. The Morgan fingerprint density at radius 1 is 1.28 bits per heavy atom. The second kappa shape index (κ2) is 7.00. The van der Waals surface area contributed by atoms with E-state index in [0.717, 1.165) is 5.69 Å². The molecule has 0 bridgehead atoms. The van der Waals surface area contributed by atoms with Gasteiger partial charge in [0, 0.05) is 18.2 Å². The van der Waals surface area contributed by atoms with Gasteiger partial charge < -0.3 is 14.5 Å². The van der Waals surface area contributed by atoms with Crippen molar-refractivity contribution in [3.05, 3.63) is 60.1 Å². The normalized spacial score (nSPS) is 10.5. The summed E-state index contributed by atoms with van der Waals surface area (Å²) in [7, 11) is 1.28. The number of aromatic nitrogens is 3. The molecule has 0 aliphatic carbocycles. The fourth-order valence-corrected chi connectivity index (χ4v) is 2.32. The van der Waals surface area contributed by atoms with E-state index in [1.807, 2.05) is 6.92 Å². The Morgan fingerprint density at radius 3 is 2.64 bits per heavy atom. The summed E-state index contributed by atoms with van der Waals surface area (Å²) < 4.78 is 11.8. The third-order valence-electron chi connectivity index (χ3n) is 3.57. The molecule has 8 nitrogen and oxygen atoms in total. The van der Waals surface area contributed by atoms with Crippen LogP contribution in [0, 0.1) is 0 Å². The van der Waals surface area contributed by atoms with Crippen LogP contribution in [-0.4, -0.2) is 33.8 Å². The van der Waals surface area contributed by atoms with Crippen LogP contribution in [-0.2, 0) is 11.2 Å². The number of anilines is 1. The topological polar surface area (TPSA) is 99.3 Å². The first-order chi connectivity index (χ1) is 12.1. The van der Waals surface area contributed by atoms with Crippen molar-refractivity contribution in [2.24, 2.45) is 0 Å². The van der Waals surface area contributed by atoms with Gasteiger partial charge in [0.1, 0.15) is 24.0 Å². The van der Waals surface area contributed by atoms with E-state index in [9.17, 15) is 9.59 Å². The monoisotopic (exact) mass is 340 g/mol. The number of carbonyl (C=O) groups excluding carboxylic acids is 2. The number of nitrogens with zero attached hydrogens (tertiary/aromatic N) is 3. The lowest BCUT2D eigenvalue weighted by Crippen LogP contribution is -2.11. The fraction of sp³-hybridized carbons (Fsp3) is 0.176. The van der Waals surface area contributed by atoms with Crippen LogP contribution in [0.3, 0.4) is 0 Å². The Bertz CT molecular complexity index is 882. The van der Waals surface area contributed by atoms with E-state index in [-0.39, 0.29) is 11.3 Å². The van der Waals surface area contributed by atoms with Crippen molar-refractivity contribution in [3.8, 4) is 5.69 Å². The van der Waals surface area contributed by atoms with Crippen LogP contribution in [0.1, 0.15) is 33.6 Å². The van der Waals surface area contributed by atoms with Gasteiger partial charge in [-0.2, -0.15) is 5.10 Å². The van der Waals surface area contributed by atoms with Crippen LogP contribution in [0.25, 0.3) is 5.69 Å². The zero-order chi connectivity index (χ0) is 17.8. The lowest BCUT2D eigenvalue weighted by Gasteiger charge is -2.05. The number of aryl methyl sites for hydroxylation is 1. The van der Waals surface area contributed by atoms with Gasteiger partial charge in [-0.3, -0.25) is 4.79 Å². The Balaban J connectivity index is 1.76. The molecular formula is C17H16N4O4. The van der Waals surface area contributed by atoms with Crippen molar-refractivity contribution in [1.29, 1.82) is 0 Å². The standard InChI is InChI=1S/C17H16N4O4/c1-3-14-13(17(23)24-2)8-15(25-14)16(22)20-11-4-6-12(7-5-11)21-10-18-9-19-21/h4-10H,3H2,1-2H3,(H,20,22). The molecule has 2 heterocycles. The van der Waals surface area contributed by atoms with Crippen LogP contribution >= 0.6 is 0 Å². The maximum Gasteiger partial charge on any atom is 0.341 e. The van der Waals surface area contributed by atoms with Crippen LogP contribution < -0.4 is 5.32 Å². The predicted molar refractivity (Wildman–Crippen MR) is 88.7 cm³/mol. The summed E-state index contributed by atoms with van der Waals surface area (Å²) in [5.74, 6) is -0.508. The van der Waals surface area contributed by atoms with Crippen LogP contribution in [0.5, 0.6) is 0 Å². The van der Waals surface area contributed by atoms with E-state index in [0.29, 0.717) is 17.9 Å². The predicted octanol–water partition coefficient (Wildman–Crippen LogP) is 2.46. The molecule has 1 aromatic carbocycles. The van der Waals surface area contributed by atoms with Crippen LogP contribution in [0.4, 0.5) is 5.69 Å². The summed E-state index contributed by atoms with van der Waals surface area (Å²) in [6.07, 6.45) is 3.50. The van der Waals surface area contributed by atoms with Gasteiger partial charge in [0.15, 0.2) is 5.76 Å². The molecule has 1 amide bonds. The maximum absolute atomic E-state index is 12.3. The second-order valence-electron chi connectivity index (χ2n) is 5.13. The van der Waals surface area contributed by atoms with Crippen molar-refractivity contribution in [3.63, 3.8) is 0 Å². The molecule has 128 valence electrons. The molecule has 1 N–H and O–H groups in total. The van der Waals surface area contributed by atoms with E-state index in [1.54, 1.807) is 35.3 Å². The highest BCUT2D eigenvalue weighted by Crippen LogP contribution is 2.19. The highest BCUT2D eigenvalue weighted by Gasteiger charge is 2.21. The highest BCUT2D eigenvalue weighted by molar-refractivity contribution is 6.04. The number of carbonyl (C=O) groups is 2. The molecule has 25 heavy (non-hydrogen) atoms. The Hall–Kier alpha value is -3.42. The number of ether oxygens (including phenoxy) is 1. The first-order valence-electron chi connectivity index (χ1n) is 7.59. The molecule has 0 radical (unpaired) electrons. The van der Waals surface area contributed by atoms with Gasteiger partial charge in [0.2, 0.25) is 0 Å². The lowest BCUT2D eigenvalue weighted by atomic mass is 10.2. The van der Waals surface area contributed by atoms with Gasteiger partial charge in [-0.1, -0.05) is 6.92 Å². The summed E-state index contributed by atoms with van der Waals surface area (Å²) >= 11 is 0. The molecule has 3 rings (SSSR count). The molecule has 0 fully saturated rings. The number of rotatable bonds is 5. The molecule has 2 aromatic heterocycles. The van der Waals surface area contributed by atoms with Gasteiger partial charge >= 0.3 is 5.97 Å². The zero-order valence-corrected chi connectivity index (χ0v) is 13.7. The van der Waals surface area contributed by atoms with Gasteiger partial charge in [-0.05, 0) is 24.3 Å². The third kappa shape index (κ3) is 3.42. The molecule has 0 spiro atoms. The summed E-state index contributed by atoms with van der Waals surface area (Å²) in [6, 6.07) is 8.46. The Labute approximate surface area is 143 Å². The minimum absolute atomic E-state index is 0.0533. The van der Waals surface area contributed by atoms with E-state index >= 15 is 0 Å². The maximum atomic E-state index is 12.3. The van der Waals surface area contributed by atoms with Gasteiger partial charge in [-0.15, -0.1) is 0 Å². The average molecular weight is 340 g/mol. The van der Waals surface area contributed by atoms with Crippen LogP contribution in [0.15, 0.2) is 47.4 Å². The van der Waals surface area contributed by atoms with E-state index in [4.69, 9.17) is 9.15 Å². The number of hydrogen-bond donors (Lipinski definition) is 1. The second-order valence-corrected chi connectivity index (χ2v) is 5.13. The average Bonchev–Trinajstić information content (AvgIpc) is 3.31. The van der Waals surface area contributed by atoms with E-state index in [2.05, 4.69) is 15.4 Å². The number of esters is 1. The van der Waals surface area contributed by atoms with Crippen molar-refractivity contribution in [1.82, 2.24) is 14.8 Å². The number of hydrogen-bond acceptors (Lipinski definition) is 6. The largest absolute Gasteiger partial charge is 0.465 e. The van der Waals surface area contributed by atoms with Crippen molar-refractivity contribution in [2.45, 2.75) is 13.3 Å². The third-order valence-corrected chi connectivity index (χ3v) is 3.57. The quantitative estimate of drug-likeness (QED) is 0.716. The molecule has 0 aliphatic rings. The molecule has 0 unspecified atom stereocenters. The molecular weight excluding hydrogens is 324 g/mol. The molecule has 8 heteroatoms. The van der Waals surface area contributed by atoms with Crippen molar-refractivity contribution >= 4 is 17.6 Å². The number of furan rings is 1. The van der Waals surface area contributed by atoms with Gasteiger partial charge in [0.05, 0.1) is 12.8 Å². The highest BCUT2D eigenvalue weighted by atomic mass is 16.5. The molecule has 3 aromatic rings. The minimum atomic E-state index is -0.531. The van der Waals surface area contributed by atoms with Crippen LogP contribution in [0.2, 0.25) is 0 Å². The summed E-state index contributed by atoms with van der Waals surface area (Å²) in [4.78, 5) is 27.9. The SMILES string of the molecule is CCc1oc(C(=O)Nc2ccc(-n3cncn3)cc2)cc1C(=O)OC. The van der Waals surface area contributed by atoms with Crippen molar-refractivity contribution < 1.29 is 18.7 Å². The molecule has 0 saturated heterocycles. The summed E-state index contributed by atoms with van der Waals surface area (Å²) in [5.41, 5.74) is 1.66. The lowest BCUT2D eigenvalue weighted by molar-refractivity contribution is 0.0598. The summed E-state index contributed by atoms with van der Waals surface area (Å²) in [6.45, 7) is 1.83. The fourth-order valence-electron chi connectivity index (χ4n) is 2.32. The first-order valence-corrected chi connectivity index (χ1v) is 7.59. The van der Waals surface area contributed by atoms with E-state index < -0.39 is 11.9 Å². The first kappa shape index (κ1) is 16.4.